The van der Waals surface area contributed by atoms with Crippen LogP contribution < -0.4 is 15.5 Å². The van der Waals surface area contributed by atoms with Crippen molar-refractivity contribution >= 4 is 17.5 Å². The molecular weight excluding hydrogens is 563 g/mol. The number of carbonyl (C=O) groups excluding carboxylic acids is 1. The number of aliphatic hydroxyl groups is 1. The average molecular weight is 596 g/mol. The third kappa shape index (κ3) is 5.36. The summed E-state index contributed by atoms with van der Waals surface area (Å²) in [6.07, 6.45) is 0.818. The Morgan fingerprint density at radius 1 is 1.12 bits per heavy atom. The summed E-state index contributed by atoms with van der Waals surface area (Å²) in [5.74, 6) is 0.681. The van der Waals surface area contributed by atoms with Crippen molar-refractivity contribution in [3.63, 3.8) is 0 Å². The smallest absolute Gasteiger partial charge is 0.389 e. The van der Waals surface area contributed by atoms with Gasteiger partial charge in [0.2, 0.25) is 0 Å². The molecule has 4 heterocycles. The summed E-state index contributed by atoms with van der Waals surface area (Å²) in [4.78, 5) is 19.6. The van der Waals surface area contributed by atoms with E-state index in [-0.39, 0.29) is 36.6 Å². The van der Waals surface area contributed by atoms with Crippen LogP contribution in [0.4, 0.5) is 24.8 Å². The van der Waals surface area contributed by atoms with Crippen LogP contribution in [-0.2, 0) is 33.4 Å². The van der Waals surface area contributed by atoms with Gasteiger partial charge in [-0.25, -0.2) is 4.98 Å². The number of pyridine rings is 1. The van der Waals surface area contributed by atoms with Gasteiger partial charge in [-0.05, 0) is 61.6 Å². The van der Waals surface area contributed by atoms with Crippen LogP contribution in [0.25, 0.3) is 22.6 Å². The van der Waals surface area contributed by atoms with Crippen LogP contribution in [0.1, 0.15) is 53.2 Å². The molecule has 4 aromatic rings. The number of nitrogens with zero attached hydrogens (tertiary/aromatic N) is 7. The highest BCUT2D eigenvalue weighted by molar-refractivity contribution is 6.10. The van der Waals surface area contributed by atoms with Crippen molar-refractivity contribution in [2.24, 2.45) is 14.1 Å². The largest absolute Gasteiger partial charge is 0.416 e. The monoisotopic (exact) mass is 595 g/mol. The van der Waals surface area contributed by atoms with E-state index in [4.69, 9.17) is 0 Å². The first-order chi connectivity index (χ1) is 20.5. The summed E-state index contributed by atoms with van der Waals surface area (Å²) >= 11 is 0. The molecule has 2 aliphatic rings. The molecule has 6 rings (SSSR count). The molecule has 0 bridgehead atoms. The quantitative estimate of drug-likeness (QED) is 0.266. The highest BCUT2D eigenvalue weighted by Crippen LogP contribution is 2.41. The van der Waals surface area contributed by atoms with E-state index in [0.717, 1.165) is 12.5 Å². The van der Waals surface area contributed by atoms with E-state index < -0.39 is 23.2 Å². The highest BCUT2D eigenvalue weighted by Gasteiger charge is 2.41. The Hall–Kier alpha value is -4.30. The minimum atomic E-state index is -4.66. The lowest BCUT2D eigenvalue weighted by molar-refractivity contribution is -0.138. The van der Waals surface area contributed by atoms with Gasteiger partial charge in [0, 0.05) is 44.9 Å². The number of alkyl halides is 3. The van der Waals surface area contributed by atoms with Crippen molar-refractivity contribution in [1.82, 2.24) is 34.8 Å². The van der Waals surface area contributed by atoms with Gasteiger partial charge in [-0.1, -0.05) is 0 Å². The molecule has 1 saturated carbocycles. The predicted octanol–water partition coefficient (Wildman–Crippen LogP) is 3.89. The van der Waals surface area contributed by atoms with Crippen molar-refractivity contribution in [3.05, 3.63) is 59.0 Å². The molecule has 1 aliphatic carbocycles. The molecular formula is C29H32F3N9O2. The number of nitrogens with one attached hydrogen (secondary N) is 2. The lowest BCUT2D eigenvalue weighted by Gasteiger charge is -2.36. The molecule has 0 saturated heterocycles. The van der Waals surface area contributed by atoms with Gasteiger partial charge in [0.1, 0.15) is 18.0 Å². The number of carbonyl (C=O) groups is 1. The van der Waals surface area contributed by atoms with Crippen LogP contribution >= 0.6 is 0 Å². The molecule has 0 spiro atoms. The zero-order chi connectivity index (χ0) is 30.5. The Bertz CT molecular complexity index is 1690. The number of benzene rings is 1. The number of fused-ring (bicyclic) bond motifs is 1. The molecule has 3 N–H and O–H groups in total. The van der Waals surface area contributed by atoms with Gasteiger partial charge in [-0.3, -0.25) is 14.4 Å². The second-order valence-corrected chi connectivity index (χ2v) is 11.2. The van der Waals surface area contributed by atoms with Gasteiger partial charge in [0.25, 0.3) is 5.91 Å². The fraction of sp³-hybridized carbons (Fsp3) is 0.414. The van der Waals surface area contributed by atoms with Crippen molar-refractivity contribution in [2.75, 3.05) is 23.3 Å². The standard InChI is InChI=1S/C29H32F3N9O2/c1-4-34-23-10-18(25-20(13-36-40(25)3)26-38-35-16-39(26)2)11-24(37-23)41-14-21-19(27(41)42)8-17(9-22(21)29(30,31)32)12-33-15-28(43)6-5-7-28/h8-11,13,16,33,43H,4-7,12,14-15H2,1-3H3,(H,34,37). The van der Waals surface area contributed by atoms with Crippen molar-refractivity contribution in [1.29, 1.82) is 0 Å². The average Bonchev–Trinajstić information content (AvgIpc) is 3.63. The molecule has 1 aliphatic heterocycles. The van der Waals surface area contributed by atoms with Crippen LogP contribution in [0.2, 0.25) is 0 Å². The van der Waals surface area contributed by atoms with Gasteiger partial charge in [-0.15, -0.1) is 10.2 Å². The maximum absolute atomic E-state index is 14.3. The maximum Gasteiger partial charge on any atom is 0.416 e. The molecule has 1 fully saturated rings. The molecule has 43 heavy (non-hydrogen) atoms. The molecule has 1 amide bonds. The predicted molar refractivity (Wildman–Crippen MR) is 153 cm³/mol. The number of hydrogen-bond acceptors (Lipinski definition) is 8. The van der Waals surface area contributed by atoms with Crippen molar-refractivity contribution in [2.45, 2.75) is 51.1 Å². The van der Waals surface area contributed by atoms with E-state index in [1.807, 2.05) is 14.0 Å². The van der Waals surface area contributed by atoms with E-state index in [1.54, 1.807) is 41.0 Å². The van der Waals surface area contributed by atoms with Crippen LogP contribution in [0.15, 0.2) is 36.8 Å². The minimum absolute atomic E-state index is 0.00788. The van der Waals surface area contributed by atoms with Gasteiger partial charge in [0.05, 0.1) is 35.2 Å². The normalized spacial score (nSPS) is 16.0. The molecule has 0 radical (unpaired) electrons. The van der Waals surface area contributed by atoms with Gasteiger partial charge >= 0.3 is 6.18 Å². The van der Waals surface area contributed by atoms with E-state index in [9.17, 15) is 23.1 Å². The summed E-state index contributed by atoms with van der Waals surface area (Å²) in [5.41, 5.74) is 0.585. The molecule has 0 unspecified atom stereocenters. The van der Waals surface area contributed by atoms with E-state index in [0.29, 0.717) is 53.4 Å². The Kier molecular flexibility index (Phi) is 7.21. The number of aryl methyl sites for hydroxylation is 2. The first-order valence-electron chi connectivity index (χ1n) is 14.1. The summed E-state index contributed by atoms with van der Waals surface area (Å²) in [6, 6.07) is 6.08. The van der Waals surface area contributed by atoms with E-state index in [1.165, 1.54) is 11.0 Å². The second kappa shape index (κ2) is 10.8. The van der Waals surface area contributed by atoms with Crippen LogP contribution in [0.5, 0.6) is 0 Å². The van der Waals surface area contributed by atoms with Crippen molar-refractivity contribution < 1.29 is 23.1 Å². The minimum Gasteiger partial charge on any atom is -0.389 e. The summed E-state index contributed by atoms with van der Waals surface area (Å²) in [7, 11) is 3.58. The van der Waals surface area contributed by atoms with Gasteiger partial charge < -0.3 is 20.3 Å². The number of halogens is 3. The van der Waals surface area contributed by atoms with Gasteiger partial charge in [0.15, 0.2) is 5.82 Å². The lowest BCUT2D eigenvalue weighted by Crippen LogP contribution is -2.46. The third-order valence-electron chi connectivity index (χ3n) is 8.09. The molecule has 14 heteroatoms. The van der Waals surface area contributed by atoms with Crippen molar-refractivity contribution in [3.8, 4) is 22.6 Å². The van der Waals surface area contributed by atoms with E-state index >= 15 is 0 Å². The molecule has 3 aromatic heterocycles. The van der Waals surface area contributed by atoms with Crippen LogP contribution in [0.3, 0.4) is 0 Å². The number of hydrogen-bond donors (Lipinski definition) is 3. The maximum atomic E-state index is 14.3. The molecule has 0 atom stereocenters. The lowest BCUT2D eigenvalue weighted by atomic mass is 9.80. The molecule has 1 aromatic carbocycles. The third-order valence-corrected chi connectivity index (χ3v) is 8.09. The fourth-order valence-corrected chi connectivity index (χ4v) is 5.74. The summed E-state index contributed by atoms with van der Waals surface area (Å²) < 4.78 is 46.3. The molecule has 226 valence electrons. The van der Waals surface area contributed by atoms with Crippen LogP contribution in [-0.4, -0.2) is 59.2 Å². The topological polar surface area (TPSA) is 126 Å². The Labute approximate surface area is 245 Å². The first-order valence-corrected chi connectivity index (χ1v) is 14.1. The highest BCUT2D eigenvalue weighted by atomic mass is 19.4. The zero-order valence-electron chi connectivity index (χ0n) is 24.0. The number of rotatable bonds is 9. The number of aromatic nitrogens is 6. The Balaban J connectivity index is 1.38. The summed E-state index contributed by atoms with van der Waals surface area (Å²) in [6.45, 7) is 2.53. The first kappa shape index (κ1) is 28.8. The fourth-order valence-electron chi connectivity index (χ4n) is 5.74. The Morgan fingerprint density at radius 3 is 2.56 bits per heavy atom. The Morgan fingerprint density at radius 2 is 1.91 bits per heavy atom. The zero-order valence-corrected chi connectivity index (χ0v) is 24.0. The SMILES string of the molecule is CCNc1cc(-c2c(-c3nncn3C)cnn2C)cc(N2Cc3c(cc(CNCC4(O)CCC4)cc3C(F)(F)F)C2=O)n1. The van der Waals surface area contributed by atoms with Crippen LogP contribution in [0, 0.1) is 0 Å². The second-order valence-electron chi connectivity index (χ2n) is 11.2. The molecule has 11 nitrogen and oxygen atoms in total. The van der Waals surface area contributed by atoms with Gasteiger partial charge in [-0.2, -0.15) is 18.3 Å². The van der Waals surface area contributed by atoms with E-state index in [2.05, 4.69) is 30.9 Å². The number of amides is 1. The number of anilines is 2. The summed E-state index contributed by atoms with van der Waals surface area (Å²) in [5, 5.41) is 29.2.